The maximum atomic E-state index is 12.7. The molecule has 2 aromatic carbocycles. The molecule has 0 radical (unpaired) electrons. The number of hydrogen-bond donors (Lipinski definition) is 2. The fourth-order valence-electron chi connectivity index (χ4n) is 6.84. The molecule has 0 aliphatic carbocycles. The number of unbranched alkanes of at least 4 members (excludes halogenated alkanes) is 2. The summed E-state index contributed by atoms with van der Waals surface area (Å²) in [6.45, 7) is 17.6. The van der Waals surface area contributed by atoms with Crippen LogP contribution in [-0.4, -0.2) is 74.4 Å². The average molecular weight is 741 g/mol. The van der Waals surface area contributed by atoms with Gasteiger partial charge in [-0.15, -0.1) is 0 Å². The van der Waals surface area contributed by atoms with Gasteiger partial charge in [0.05, 0.1) is 31.8 Å². The number of rotatable bonds is 18. The number of phenols is 2. The van der Waals surface area contributed by atoms with Crippen LogP contribution in [0, 0.1) is 30.1 Å². The largest absolute Gasteiger partial charge is 0.507 e. The smallest absolute Gasteiger partial charge is 0.306 e. The minimum atomic E-state index is -0.580. The summed E-state index contributed by atoms with van der Waals surface area (Å²) in [6, 6.07) is 7.87. The number of ether oxygens (including phenoxy) is 6. The highest BCUT2D eigenvalue weighted by Crippen LogP contribution is 2.39. The van der Waals surface area contributed by atoms with E-state index in [9.17, 15) is 19.8 Å². The number of carbonyl (C=O) groups excluding carboxylic acids is 2. The van der Waals surface area contributed by atoms with Gasteiger partial charge in [0.2, 0.25) is 0 Å². The van der Waals surface area contributed by atoms with Crippen LogP contribution >= 0.6 is 0 Å². The lowest BCUT2D eigenvalue weighted by Crippen LogP contribution is -2.57. The highest BCUT2D eigenvalue weighted by atomic mass is 16.7. The number of benzene rings is 2. The van der Waals surface area contributed by atoms with Crippen LogP contribution in [0.4, 0.5) is 0 Å². The van der Waals surface area contributed by atoms with Crippen LogP contribution in [0.2, 0.25) is 0 Å². The van der Waals surface area contributed by atoms with Crippen molar-refractivity contribution in [3.8, 4) is 11.5 Å². The zero-order valence-electron chi connectivity index (χ0n) is 33.4. The predicted molar refractivity (Wildman–Crippen MR) is 203 cm³/mol. The monoisotopic (exact) mass is 740 g/mol. The van der Waals surface area contributed by atoms with Gasteiger partial charge in [0.1, 0.15) is 24.7 Å². The molecule has 4 rings (SSSR count). The quantitative estimate of drug-likeness (QED) is 0.146. The highest BCUT2D eigenvalue weighted by Gasteiger charge is 2.48. The second-order valence-corrected chi connectivity index (χ2v) is 16.8. The zero-order valence-corrected chi connectivity index (χ0v) is 33.4. The lowest BCUT2D eigenvalue weighted by atomic mass is 9.86. The summed E-state index contributed by atoms with van der Waals surface area (Å²) in [5.41, 5.74) is 3.91. The van der Waals surface area contributed by atoms with Crippen molar-refractivity contribution in [1.82, 2.24) is 0 Å². The summed E-state index contributed by atoms with van der Waals surface area (Å²) in [5.74, 6) is 0.116. The molecule has 2 aliphatic heterocycles. The molecule has 2 N–H and O–H groups in total. The fourth-order valence-corrected chi connectivity index (χ4v) is 6.84. The maximum absolute atomic E-state index is 12.7. The molecule has 0 atom stereocenters. The summed E-state index contributed by atoms with van der Waals surface area (Å²) in [4.78, 5) is 25.4. The molecule has 0 saturated carbocycles. The Hall–Kier alpha value is -3.18. The van der Waals surface area contributed by atoms with E-state index in [2.05, 4.69) is 13.8 Å². The molecule has 10 heteroatoms. The Morgan fingerprint density at radius 3 is 1.36 bits per heavy atom. The Morgan fingerprint density at radius 1 is 0.660 bits per heavy atom. The van der Waals surface area contributed by atoms with E-state index in [-0.39, 0.29) is 38.0 Å². The van der Waals surface area contributed by atoms with Crippen LogP contribution < -0.4 is 0 Å². The molecule has 1 spiro atoms. The first-order valence-corrected chi connectivity index (χ1v) is 19.5. The van der Waals surface area contributed by atoms with E-state index in [1.165, 1.54) is 0 Å². The molecule has 53 heavy (non-hydrogen) atoms. The summed E-state index contributed by atoms with van der Waals surface area (Å²) in [6.07, 6.45) is 6.17. The van der Waals surface area contributed by atoms with Gasteiger partial charge in [-0.05, 0) is 85.8 Å². The van der Waals surface area contributed by atoms with Gasteiger partial charge in [-0.3, -0.25) is 9.59 Å². The number of aromatic hydroxyl groups is 2. The first kappa shape index (κ1) is 42.6. The van der Waals surface area contributed by atoms with E-state index < -0.39 is 28.8 Å². The van der Waals surface area contributed by atoms with Crippen molar-refractivity contribution in [1.29, 1.82) is 0 Å². The predicted octanol–water partition coefficient (Wildman–Crippen LogP) is 7.84. The molecule has 296 valence electrons. The van der Waals surface area contributed by atoms with E-state index >= 15 is 0 Å². The van der Waals surface area contributed by atoms with Crippen LogP contribution in [-0.2, 0) is 63.7 Å². The molecule has 2 fully saturated rings. The van der Waals surface area contributed by atoms with Crippen LogP contribution in [0.25, 0.3) is 0 Å². The second kappa shape index (κ2) is 18.9. The van der Waals surface area contributed by atoms with Gasteiger partial charge in [-0.2, -0.15) is 0 Å². The lowest BCUT2D eigenvalue weighted by molar-refractivity contribution is -0.337. The zero-order chi connectivity index (χ0) is 38.8. The Balaban J connectivity index is 1.17. The van der Waals surface area contributed by atoms with Gasteiger partial charge < -0.3 is 38.6 Å². The molecule has 0 unspecified atom stereocenters. The lowest BCUT2D eigenvalue weighted by Gasteiger charge is -2.48. The third-order valence-electron chi connectivity index (χ3n) is 10.4. The molecule has 2 saturated heterocycles. The van der Waals surface area contributed by atoms with Crippen molar-refractivity contribution >= 4 is 11.9 Å². The van der Waals surface area contributed by atoms with E-state index in [4.69, 9.17) is 28.4 Å². The van der Waals surface area contributed by atoms with Crippen molar-refractivity contribution in [2.75, 3.05) is 39.6 Å². The van der Waals surface area contributed by atoms with Crippen molar-refractivity contribution in [2.45, 2.75) is 132 Å². The van der Waals surface area contributed by atoms with Crippen LogP contribution in [0.15, 0.2) is 24.3 Å². The molecular weight excluding hydrogens is 676 g/mol. The third kappa shape index (κ3) is 11.9. The molecule has 2 aromatic rings. The molecular formula is C43H64O10. The molecule has 2 heterocycles. The summed E-state index contributed by atoms with van der Waals surface area (Å²) in [7, 11) is 0. The van der Waals surface area contributed by atoms with Crippen molar-refractivity contribution in [3.63, 3.8) is 0 Å². The fraction of sp³-hybridized carbons (Fsp3) is 0.674. The van der Waals surface area contributed by atoms with E-state index in [0.717, 1.165) is 71.9 Å². The van der Waals surface area contributed by atoms with Crippen molar-refractivity contribution in [2.24, 2.45) is 16.2 Å². The molecule has 10 nitrogen and oxygen atoms in total. The molecule has 0 aromatic heterocycles. The first-order valence-electron chi connectivity index (χ1n) is 19.5. The normalized spacial score (nSPS) is 20.8. The number of phenolic OH excluding ortho intramolecular Hbond substituents is 2. The number of carbonyl (C=O) groups is 2. The Labute approximate surface area is 316 Å². The van der Waals surface area contributed by atoms with Gasteiger partial charge in [0, 0.05) is 23.7 Å². The summed E-state index contributed by atoms with van der Waals surface area (Å²) < 4.78 is 36.1. The molecule has 2 aliphatic rings. The molecule has 0 bridgehead atoms. The number of hydrogen-bond acceptors (Lipinski definition) is 10. The van der Waals surface area contributed by atoms with Gasteiger partial charge in [0.15, 0.2) is 12.6 Å². The third-order valence-corrected chi connectivity index (χ3v) is 10.4. The van der Waals surface area contributed by atoms with Gasteiger partial charge in [0.25, 0.3) is 0 Å². The van der Waals surface area contributed by atoms with E-state index in [0.29, 0.717) is 50.8 Å². The number of esters is 2. The number of aryl methyl sites for hydroxylation is 6. The second-order valence-electron chi connectivity index (χ2n) is 16.8. The van der Waals surface area contributed by atoms with Crippen LogP contribution in [0.3, 0.4) is 0 Å². The van der Waals surface area contributed by atoms with Crippen molar-refractivity contribution in [3.05, 3.63) is 57.6 Å². The molecule has 0 amide bonds. The minimum absolute atomic E-state index is 0.149. The first-order chi connectivity index (χ1) is 25.1. The Kier molecular flexibility index (Phi) is 15.2. The van der Waals surface area contributed by atoms with E-state index in [1.807, 2.05) is 65.8 Å². The van der Waals surface area contributed by atoms with E-state index in [1.54, 1.807) is 0 Å². The summed E-state index contributed by atoms with van der Waals surface area (Å²) in [5, 5.41) is 20.8. The maximum Gasteiger partial charge on any atom is 0.306 e. The van der Waals surface area contributed by atoms with Gasteiger partial charge in [-0.1, -0.05) is 78.6 Å². The average Bonchev–Trinajstić information content (AvgIpc) is 3.13. The topological polar surface area (TPSA) is 130 Å². The minimum Gasteiger partial charge on any atom is -0.507 e. The van der Waals surface area contributed by atoms with Gasteiger partial charge >= 0.3 is 11.9 Å². The SMILES string of the molecule is CCCCc1cc(CCC(=O)OCC(C)(C)C2OCC3(CO2)COC(C(C)(C)COC(=O)CCc2cc(C)c(O)c(CCCC)c2)OC3)cc(C)c1O. The van der Waals surface area contributed by atoms with Crippen LogP contribution in [0.5, 0.6) is 11.5 Å². The Bertz CT molecular complexity index is 1400. The highest BCUT2D eigenvalue weighted by molar-refractivity contribution is 5.70. The standard InChI is InChI=1S/C43H64O10/c1-9-11-13-33-21-31(19-29(3)37(33)46)15-17-35(44)48-23-41(5,6)39-50-25-43(26-51-39)27-52-40(53-28-43)42(7,8)24-49-36(45)18-16-32-20-30(4)38(47)34(22-32)14-12-10-2/h19-22,39-40,46-47H,9-18,23-28H2,1-8H3. The summed E-state index contributed by atoms with van der Waals surface area (Å²) >= 11 is 0. The Morgan fingerprint density at radius 2 is 1.02 bits per heavy atom. The van der Waals surface area contributed by atoms with Crippen LogP contribution in [0.1, 0.15) is 113 Å². The van der Waals surface area contributed by atoms with Crippen molar-refractivity contribution < 1.29 is 48.2 Å². The van der Waals surface area contributed by atoms with Gasteiger partial charge in [-0.25, -0.2) is 0 Å².